The minimum Gasteiger partial charge on any atom is -0.298 e. The SMILES string of the molecule is CCc1ccc2sc(S)c(C=O)c2c1. The van der Waals surface area contributed by atoms with Crippen LogP contribution in [0.15, 0.2) is 22.4 Å². The van der Waals surface area contributed by atoms with Gasteiger partial charge in [-0.25, -0.2) is 0 Å². The largest absolute Gasteiger partial charge is 0.298 e. The van der Waals surface area contributed by atoms with Crippen LogP contribution in [0.4, 0.5) is 0 Å². The van der Waals surface area contributed by atoms with E-state index in [9.17, 15) is 4.79 Å². The Morgan fingerprint density at radius 2 is 2.29 bits per heavy atom. The third-order valence-corrected chi connectivity index (χ3v) is 3.80. The summed E-state index contributed by atoms with van der Waals surface area (Å²) in [6.07, 6.45) is 1.88. The van der Waals surface area contributed by atoms with Crippen LogP contribution in [0.25, 0.3) is 10.1 Å². The lowest BCUT2D eigenvalue weighted by Gasteiger charge is -1.96. The molecule has 72 valence electrons. The van der Waals surface area contributed by atoms with E-state index in [2.05, 4.69) is 37.8 Å². The van der Waals surface area contributed by atoms with Crippen LogP contribution in [0.3, 0.4) is 0 Å². The second kappa shape index (κ2) is 3.75. The second-order valence-electron chi connectivity index (χ2n) is 3.12. The van der Waals surface area contributed by atoms with Crippen LogP contribution in [0.5, 0.6) is 0 Å². The van der Waals surface area contributed by atoms with Crippen molar-refractivity contribution in [3.8, 4) is 0 Å². The zero-order chi connectivity index (χ0) is 10.1. The van der Waals surface area contributed by atoms with Crippen molar-refractivity contribution >= 4 is 40.3 Å². The molecule has 0 unspecified atom stereocenters. The Morgan fingerprint density at radius 1 is 1.50 bits per heavy atom. The maximum atomic E-state index is 10.9. The molecular formula is C11H10OS2. The van der Waals surface area contributed by atoms with E-state index in [1.54, 1.807) is 11.3 Å². The van der Waals surface area contributed by atoms with Gasteiger partial charge in [-0.2, -0.15) is 0 Å². The van der Waals surface area contributed by atoms with Gasteiger partial charge in [-0.05, 0) is 24.1 Å². The number of fused-ring (bicyclic) bond motifs is 1. The molecule has 0 amide bonds. The molecule has 0 radical (unpaired) electrons. The van der Waals surface area contributed by atoms with Gasteiger partial charge in [0.2, 0.25) is 0 Å². The van der Waals surface area contributed by atoms with Crippen molar-refractivity contribution in [1.29, 1.82) is 0 Å². The number of carbonyl (C=O) groups excluding carboxylic acids is 1. The summed E-state index contributed by atoms with van der Waals surface area (Å²) in [5.74, 6) is 0. The maximum absolute atomic E-state index is 10.9. The van der Waals surface area contributed by atoms with Crippen LogP contribution in [-0.4, -0.2) is 6.29 Å². The molecule has 1 aromatic heterocycles. The van der Waals surface area contributed by atoms with Gasteiger partial charge in [-0.1, -0.05) is 13.0 Å². The molecule has 3 heteroatoms. The van der Waals surface area contributed by atoms with Crippen LogP contribution >= 0.6 is 24.0 Å². The summed E-state index contributed by atoms with van der Waals surface area (Å²) in [6.45, 7) is 2.11. The molecule has 0 spiro atoms. The summed E-state index contributed by atoms with van der Waals surface area (Å²) in [5.41, 5.74) is 1.98. The molecule has 1 heterocycles. The van der Waals surface area contributed by atoms with Gasteiger partial charge in [0, 0.05) is 15.6 Å². The Balaban J connectivity index is 2.77. The van der Waals surface area contributed by atoms with E-state index in [1.807, 2.05) is 0 Å². The Hall–Kier alpha value is -0.800. The number of thiol groups is 1. The quantitative estimate of drug-likeness (QED) is 0.607. The lowest BCUT2D eigenvalue weighted by Crippen LogP contribution is -1.81. The van der Waals surface area contributed by atoms with Crippen molar-refractivity contribution in [2.75, 3.05) is 0 Å². The van der Waals surface area contributed by atoms with E-state index in [0.29, 0.717) is 0 Å². The molecular weight excluding hydrogens is 212 g/mol. The van der Waals surface area contributed by atoms with Crippen LogP contribution < -0.4 is 0 Å². The summed E-state index contributed by atoms with van der Waals surface area (Å²) >= 11 is 5.84. The standard InChI is InChI=1S/C11H10OS2/c1-2-7-3-4-10-8(5-7)9(6-12)11(13)14-10/h3-6,13H,2H2,1H3. The topological polar surface area (TPSA) is 17.1 Å². The fraction of sp³-hybridized carbons (Fsp3) is 0.182. The van der Waals surface area contributed by atoms with Gasteiger partial charge in [0.25, 0.3) is 0 Å². The molecule has 0 saturated carbocycles. The number of carbonyl (C=O) groups is 1. The van der Waals surface area contributed by atoms with E-state index < -0.39 is 0 Å². The summed E-state index contributed by atoms with van der Waals surface area (Å²) in [4.78, 5) is 10.9. The molecule has 0 N–H and O–H groups in total. The van der Waals surface area contributed by atoms with Gasteiger partial charge in [-0.3, -0.25) is 4.79 Å². The fourth-order valence-electron chi connectivity index (χ4n) is 1.48. The Bertz CT molecular complexity index is 485. The van der Waals surface area contributed by atoms with Crippen LogP contribution in [0.2, 0.25) is 0 Å². The smallest absolute Gasteiger partial charge is 0.152 e. The van der Waals surface area contributed by atoms with Gasteiger partial charge in [0.1, 0.15) is 0 Å². The molecule has 14 heavy (non-hydrogen) atoms. The molecule has 2 aromatic rings. The number of hydrogen-bond acceptors (Lipinski definition) is 3. The third-order valence-electron chi connectivity index (χ3n) is 2.30. The molecule has 0 aliphatic carbocycles. The minimum atomic E-state index is 0.726. The number of aldehydes is 1. The van der Waals surface area contributed by atoms with Gasteiger partial charge >= 0.3 is 0 Å². The van der Waals surface area contributed by atoms with Crippen molar-refractivity contribution in [3.05, 3.63) is 29.3 Å². The predicted molar refractivity (Wildman–Crippen MR) is 63.8 cm³/mol. The molecule has 0 saturated heterocycles. The van der Waals surface area contributed by atoms with Crippen LogP contribution in [0.1, 0.15) is 22.8 Å². The lowest BCUT2D eigenvalue weighted by molar-refractivity contribution is 0.112. The van der Waals surface area contributed by atoms with E-state index in [0.717, 1.165) is 32.6 Å². The van der Waals surface area contributed by atoms with Crippen molar-refractivity contribution in [1.82, 2.24) is 0 Å². The van der Waals surface area contributed by atoms with Crippen molar-refractivity contribution < 1.29 is 4.79 Å². The van der Waals surface area contributed by atoms with E-state index >= 15 is 0 Å². The minimum absolute atomic E-state index is 0.726. The Labute approximate surface area is 92.2 Å². The second-order valence-corrected chi connectivity index (χ2v) is 4.92. The van der Waals surface area contributed by atoms with Gasteiger partial charge in [0.05, 0.1) is 4.21 Å². The molecule has 0 aliphatic rings. The number of aryl methyl sites for hydroxylation is 1. The average Bonchev–Trinajstić information content (AvgIpc) is 2.52. The highest BCUT2D eigenvalue weighted by Crippen LogP contribution is 2.33. The molecule has 0 fully saturated rings. The highest BCUT2D eigenvalue weighted by Gasteiger charge is 2.08. The van der Waals surface area contributed by atoms with E-state index in [4.69, 9.17) is 0 Å². The number of benzene rings is 1. The zero-order valence-corrected chi connectivity index (χ0v) is 9.49. The lowest BCUT2D eigenvalue weighted by atomic mass is 10.1. The predicted octanol–water partition coefficient (Wildman–Crippen LogP) is 3.56. The van der Waals surface area contributed by atoms with E-state index in [-0.39, 0.29) is 0 Å². The maximum Gasteiger partial charge on any atom is 0.152 e. The molecule has 0 aliphatic heterocycles. The molecule has 1 nitrogen and oxygen atoms in total. The summed E-state index contributed by atoms with van der Waals surface area (Å²) in [5, 5.41) is 1.04. The Kier molecular flexibility index (Phi) is 2.61. The highest BCUT2D eigenvalue weighted by atomic mass is 32.2. The highest BCUT2D eigenvalue weighted by molar-refractivity contribution is 7.83. The first-order chi connectivity index (χ1) is 6.76. The fourth-order valence-corrected chi connectivity index (χ4v) is 2.84. The molecule has 0 atom stereocenters. The molecule has 1 aromatic carbocycles. The first-order valence-electron chi connectivity index (χ1n) is 4.45. The first-order valence-corrected chi connectivity index (χ1v) is 5.72. The van der Waals surface area contributed by atoms with Gasteiger partial charge < -0.3 is 0 Å². The Morgan fingerprint density at radius 3 is 2.93 bits per heavy atom. The zero-order valence-electron chi connectivity index (χ0n) is 7.78. The van der Waals surface area contributed by atoms with Gasteiger partial charge in [0.15, 0.2) is 6.29 Å². The third kappa shape index (κ3) is 1.47. The normalized spacial score (nSPS) is 10.7. The number of rotatable bonds is 2. The van der Waals surface area contributed by atoms with Crippen molar-refractivity contribution in [2.24, 2.45) is 0 Å². The molecule has 0 bridgehead atoms. The first kappa shape index (κ1) is 9.74. The van der Waals surface area contributed by atoms with Gasteiger partial charge in [-0.15, -0.1) is 24.0 Å². The summed E-state index contributed by atoms with van der Waals surface area (Å²) in [6, 6.07) is 6.24. The summed E-state index contributed by atoms with van der Waals surface area (Å²) < 4.78 is 1.94. The van der Waals surface area contributed by atoms with Crippen molar-refractivity contribution in [2.45, 2.75) is 17.6 Å². The van der Waals surface area contributed by atoms with E-state index in [1.165, 1.54) is 5.56 Å². The monoisotopic (exact) mass is 222 g/mol. The number of thiophene rings is 1. The molecule has 2 rings (SSSR count). The van der Waals surface area contributed by atoms with Crippen LogP contribution in [0, 0.1) is 0 Å². The average molecular weight is 222 g/mol. The van der Waals surface area contributed by atoms with Crippen LogP contribution in [-0.2, 0) is 6.42 Å². The van der Waals surface area contributed by atoms with Crippen molar-refractivity contribution in [3.63, 3.8) is 0 Å². The number of hydrogen-bond donors (Lipinski definition) is 1. The summed E-state index contributed by atoms with van der Waals surface area (Å²) in [7, 11) is 0.